The summed E-state index contributed by atoms with van der Waals surface area (Å²) in [4.78, 5) is 16.6. The molecule has 2 aromatic rings. The van der Waals surface area contributed by atoms with E-state index in [0.717, 1.165) is 22.4 Å². The molecular formula is C16H18N2O. The first-order valence-electron chi connectivity index (χ1n) is 6.30. The van der Waals surface area contributed by atoms with Crippen LogP contribution < -0.4 is 5.73 Å². The molecule has 3 heteroatoms. The van der Waals surface area contributed by atoms with Crippen LogP contribution in [0.3, 0.4) is 0 Å². The maximum absolute atomic E-state index is 12.5. The molecule has 0 atom stereocenters. The zero-order valence-corrected chi connectivity index (χ0v) is 11.5. The number of pyridine rings is 1. The van der Waals surface area contributed by atoms with Crippen molar-refractivity contribution in [1.29, 1.82) is 0 Å². The Morgan fingerprint density at radius 1 is 1.11 bits per heavy atom. The number of aromatic nitrogens is 1. The van der Waals surface area contributed by atoms with Gasteiger partial charge in [0.1, 0.15) is 0 Å². The number of carbonyl (C=O) groups is 1. The van der Waals surface area contributed by atoms with Crippen molar-refractivity contribution in [3.63, 3.8) is 0 Å². The number of ketones is 1. The third-order valence-electron chi connectivity index (χ3n) is 3.37. The molecule has 0 radical (unpaired) electrons. The van der Waals surface area contributed by atoms with Crippen molar-refractivity contribution in [3.8, 4) is 0 Å². The van der Waals surface area contributed by atoms with Gasteiger partial charge >= 0.3 is 0 Å². The van der Waals surface area contributed by atoms with E-state index in [2.05, 4.69) is 11.9 Å². The van der Waals surface area contributed by atoms with Crippen LogP contribution in [0.25, 0.3) is 0 Å². The predicted octanol–water partition coefficient (Wildman–Crippen LogP) is 2.70. The second-order valence-corrected chi connectivity index (χ2v) is 4.82. The number of rotatable bonds is 3. The van der Waals surface area contributed by atoms with Crippen molar-refractivity contribution >= 4 is 5.78 Å². The quantitative estimate of drug-likeness (QED) is 0.857. The molecule has 1 heterocycles. The lowest BCUT2D eigenvalue weighted by molar-refractivity contribution is 0.103. The van der Waals surface area contributed by atoms with Gasteiger partial charge in [-0.2, -0.15) is 0 Å². The van der Waals surface area contributed by atoms with E-state index in [0.29, 0.717) is 12.1 Å². The average molecular weight is 254 g/mol. The number of hydrogen-bond donors (Lipinski definition) is 1. The highest BCUT2D eigenvalue weighted by Gasteiger charge is 2.13. The number of benzene rings is 1. The van der Waals surface area contributed by atoms with Gasteiger partial charge in [0, 0.05) is 23.9 Å². The fourth-order valence-corrected chi connectivity index (χ4v) is 2.09. The molecule has 0 saturated carbocycles. The van der Waals surface area contributed by atoms with Crippen LogP contribution in [0.1, 0.15) is 38.3 Å². The number of nitrogens with two attached hydrogens (primary N) is 1. The van der Waals surface area contributed by atoms with Crippen LogP contribution in [-0.4, -0.2) is 10.8 Å². The summed E-state index contributed by atoms with van der Waals surface area (Å²) in [5, 5.41) is 0. The maximum Gasteiger partial charge on any atom is 0.193 e. The minimum atomic E-state index is 0.0256. The smallest absolute Gasteiger partial charge is 0.193 e. The molecule has 1 aromatic carbocycles. The first kappa shape index (κ1) is 13.4. The highest BCUT2D eigenvalue weighted by Crippen LogP contribution is 2.19. The first-order valence-corrected chi connectivity index (χ1v) is 6.30. The topological polar surface area (TPSA) is 56.0 Å². The molecule has 19 heavy (non-hydrogen) atoms. The van der Waals surface area contributed by atoms with Crippen LogP contribution >= 0.6 is 0 Å². The van der Waals surface area contributed by atoms with Crippen LogP contribution in [0.15, 0.2) is 30.5 Å². The molecule has 0 bridgehead atoms. The van der Waals surface area contributed by atoms with Crippen molar-refractivity contribution in [2.45, 2.75) is 27.3 Å². The van der Waals surface area contributed by atoms with E-state index in [4.69, 9.17) is 5.73 Å². The lowest BCUT2D eigenvalue weighted by Gasteiger charge is -2.09. The molecule has 0 amide bonds. The molecule has 98 valence electrons. The van der Waals surface area contributed by atoms with Crippen molar-refractivity contribution in [2.24, 2.45) is 5.73 Å². The second-order valence-electron chi connectivity index (χ2n) is 4.82. The molecule has 0 spiro atoms. The van der Waals surface area contributed by atoms with Crippen molar-refractivity contribution in [1.82, 2.24) is 4.98 Å². The molecule has 3 nitrogen and oxygen atoms in total. The Bertz CT molecular complexity index is 633. The Hall–Kier alpha value is -2.00. The summed E-state index contributed by atoms with van der Waals surface area (Å²) in [6.45, 7) is 6.37. The summed E-state index contributed by atoms with van der Waals surface area (Å²) in [5.74, 6) is 0.0256. The summed E-state index contributed by atoms with van der Waals surface area (Å²) >= 11 is 0. The Morgan fingerprint density at radius 3 is 2.47 bits per heavy atom. The summed E-state index contributed by atoms with van der Waals surface area (Å²) in [5.41, 5.74) is 11.0. The molecule has 0 aliphatic heterocycles. The highest BCUT2D eigenvalue weighted by molar-refractivity contribution is 6.10. The van der Waals surface area contributed by atoms with Gasteiger partial charge in [-0.25, -0.2) is 0 Å². The third-order valence-corrected chi connectivity index (χ3v) is 3.37. The number of nitrogens with zero attached hydrogens (tertiary/aromatic N) is 1. The van der Waals surface area contributed by atoms with Gasteiger partial charge in [-0.15, -0.1) is 0 Å². The Morgan fingerprint density at radius 2 is 1.79 bits per heavy atom. The third kappa shape index (κ3) is 2.71. The molecule has 1 aromatic heterocycles. The van der Waals surface area contributed by atoms with E-state index in [9.17, 15) is 4.79 Å². The van der Waals surface area contributed by atoms with Gasteiger partial charge in [0.2, 0.25) is 0 Å². The highest BCUT2D eigenvalue weighted by atomic mass is 16.1. The second kappa shape index (κ2) is 5.33. The molecule has 0 saturated heterocycles. The van der Waals surface area contributed by atoms with E-state index < -0.39 is 0 Å². The van der Waals surface area contributed by atoms with Gasteiger partial charge in [-0.05, 0) is 55.7 Å². The fourth-order valence-electron chi connectivity index (χ4n) is 2.09. The van der Waals surface area contributed by atoms with Crippen LogP contribution in [0.5, 0.6) is 0 Å². The van der Waals surface area contributed by atoms with Crippen molar-refractivity contribution in [2.75, 3.05) is 0 Å². The van der Waals surface area contributed by atoms with E-state index in [1.165, 1.54) is 5.56 Å². The Balaban J connectivity index is 2.46. The Labute approximate surface area is 113 Å². The summed E-state index contributed by atoms with van der Waals surface area (Å²) in [6.07, 6.45) is 1.63. The molecule has 0 aliphatic rings. The molecule has 0 aliphatic carbocycles. The molecule has 0 fully saturated rings. The minimum absolute atomic E-state index is 0.0256. The first-order chi connectivity index (χ1) is 9.02. The Kier molecular flexibility index (Phi) is 3.76. The van der Waals surface area contributed by atoms with Crippen LogP contribution in [0.2, 0.25) is 0 Å². The van der Waals surface area contributed by atoms with E-state index in [1.54, 1.807) is 18.3 Å². The van der Waals surface area contributed by atoms with Gasteiger partial charge in [-0.1, -0.05) is 6.07 Å². The molecular weight excluding hydrogens is 236 g/mol. The number of carbonyl (C=O) groups excluding carboxylic acids is 1. The van der Waals surface area contributed by atoms with Crippen LogP contribution in [0.4, 0.5) is 0 Å². The van der Waals surface area contributed by atoms with Crippen LogP contribution in [-0.2, 0) is 6.54 Å². The maximum atomic E-state index is 12.5. The fraction of sp³-hybridized carbons (Fsp3) is 0.250. The molecule has 2 N–H and O–H groups in total. The van der Waals surface area contributed by atoms with E-state index in [1.807, 2.05) is 26.0 Å². The predicted molar refractivity (Wildman–Crippen MR) is 76.2 cm³/mol. The van der Waals surface area contributed by atoms with Gasteiger partial charge in [-0.3, -0.25) is 9.78 Å². The molecule has 0 unspecified atom stereocenters. The zero-order chi connectivity index (χ0) is 14.0. The zero-order valence-electron chi connectivity index (χ0n) is 11.5. The number of aryl methyl sites for hydroxylation is 3. The SMILES string of the molecule is Cc1cc(C)c(C(=O)c2ccnc(CN)c2)cc1C. The van der Waals surface area contributed by atoms with Crippen molar-refractivity contribution < 1.29 is 4.79 Å². The van der Waals surface area contributed by atoms with Gasteiger partial charge in [0.05, 0.1) is 5.69 Å². The normalized spacial score (nSPS) is 10.5. The van der Waals surface area contributed by atoms with Gasteiger partial charge in [0.15, 0.2) is 5.78 Å². The monoisotopic (exact) mass is 254 g/mol. The van der Waals surface area contributed by atoms with E-state index >= 15 is 0 Å². The van der Waals surface area contributed by atoms with Crippen LogP contribution in [0, 0.1) is 20.8 Å². The summed E-state index contributed by atoms with van der Waals surface area (Å²) in [6, 6.07) is 7.50. The summed E-state index contributed by atoms with van der Waals surface area (Å²) < 4.78 is 0. The van der Waals surface area contributed by atoms with E-state index in [-0.39, 0.29) is 5.78 Å². The number of hydrogen-bond acceptors (Lipinski definition) is 3. The standard InChI is InChI=1S/C16H18N2O/c1-10-6-12(3)15(7-11(10)2)16(19)13-4-5-18-14(8-13)9-17/h4-8H,9,17H2,1-3H3. The van der Waals surface area contributed by atoms with Gasteiger partial charge < -0.3 is 5.73 Å². The average Bonchev–Trinajstić information content (AvgIpc) is 2.42. The summed E-state index contributed by atoms with van der Waals surface area (Å²) in [7, 11) is 0. The lowest BCUT2D eigenvalue weighted by Crippen LogP contribution is -2.07. The van der Waals surface area contributed by atoms with Gasteiger partial charge in [0.25, 0.3) is 0 Å². The minimum Gasteiger partial charge on any atom is -0.325 e. The lowest BCUT2D eigenvalue weighted by atomic mass is 9.95. The largest absolute Gasteiger partial charge is 0.325 e. The molecule has 2 rings (SSSR count). The van der Waals surface area contributed by atoms with Crippen molar-refractivity contribution in [3.05, 3.63) is 64.0 Å².